The van der Waals surface area contributed by atoms with Gasteiger partial charge in [0, 0.05) is 6.07 Å². The summed E-state index contributed by atoms with van der Waals surface area (Å²) in [6, 6.07) is 7.42. The molecule has 1 fully saturated rings. The van der Waals surface area contributed by atoms with Crippen LogP contribution in [0.5, 0.6) is 17.2 Å². The number of nitrogens with zero attached hydrogens (tertiary/aromatic N) is 2. The lowest BCUT2D eigenvalue weighted by Crippen LogP contribution is -2.54. The topological polar surface area (TPSA) is 128 Å². The fourth-order valence-electron chi connectivity index (χ4n) is 3.71. The van der Waals surface area contributed by atoms with Crippen LogP contribution < -0.4 is 19.7 Å². The van der Waals surface area contributed by atoms with Gasteiger partial charge in [0.1, 0.15) is 11.4 Å². The van der Waals surface area contributed by atoms with Crippen LogP contribution in [-0.4, -0.2) is 29.4 Å². The summed E-state index contributed by atoms with van der Waals surface area (Å²) in [5.41, 5.74) is -2.67. The fourth-order valence-corrected chi connectivity index (χ4v) is 3.97. The minimum Gasteiger partial charge on any atom is -0.490 e. The highest BCUT2D eigenvalue weighted by Gasteiger charge is 2.37. The maximum atomic E-state index is 13.3. The number of barbiturate groups is 1. The highest BCUT2D eigenvalue weighted by atomic mass is 35.5. The standard InChI is InChI=1S/C26H16ClF4N3O7/c1-2-40-21-11-13(9-17-23(35)32-25(37)33(24(17)36)16-6-4-15(28)5-7-16)10-18(27)22(21)41-20-8-3-14(26(29,30)31)12-19(20)34(38)39/h3-12H,2H2,1H3,(H,32,35,37)/b17-9+. The second kappa shape index (κ2) is 11.3. The SMILES string of the molecule is CCOc1cc(/C=C2\C(=O)NC(=O)N(c3ccc(F)cc3)C2=O)cc(Cl)c1Oc1ccc(C(F)(F)F)cc1[N+](=O)[O-]. The van der Waals surface area contributed by atoms with Gasteiger partial charge >= 0.3 is 17.9 Å². The third kappa shape index (κ3) is 6.11. The van der Waals surface area contributed by atoms with Crippen molar-refractivity contribution in [2.45, 2.75) is 13.1 Å². The van der Waals surface area contributed by atoms with E-state index in [9.17, 15) is 42.1 Å². The summed E-state index contributed by atoms with van der Waals surface area (Å²) in [6.45, 7) is 1.60. The van der Waals surface area contributed by atoms with Gasteiger partial charge in [-0.25, -0.2) is 14.1 Å². The second-order valence-corrected chi connectivity index (χ2v) is 8.64. The predicted octanol–water partition coefficient (Wildman–Crippen LogP) is 6.26. The number of carbonyl (C=O) groups excluding carboxylic acids is 3. The van der Waals surface area contributed by atoms with Gasteiger partial charge in [-0.3, -0.25) is 25.0 Å². The molecule has 15 heteroatoms. The van der Waals surface area contributed by atoms with Gasteiger partial charge in [0.05, 0.1) is 27.8 Å². The number of halogens is 5. The molecular formula is C26H16ClF4N3O7. The van der Waals surface area contributed by atoms with Crippen LogP contribution in [0.15, 0.2) is 60.2 Å². The molecule has 41 heavy (non-hydrogen) atoms. The Balaban J connectivity index is 1.74. The lowest BCUT2D eigenvalue weighted by Gasteiger charge is -2.26. The van der Waals surface area contributed by atoms with Gasteiger partial charge < -0.3 is 9.47 Å². The molecule has 0 saturated carbocycles. The molecule has 3 aromatic carbocycles. The molecule has 0 unspecified atom stereocenters. The molecule has 10 nitrogen and oxygen atoms in total. The summed E-state index contributed by atoms with van der Waals surface area (Å²) in [7, 11) is 0. The average Bonchev–Trinajstić information content (AvgIpc) is 2.89. The zero-order valence-corrected chi connectivity index (χ0v) is 21.4. The minimum absolute atomic E-state index is 0.0118. The molecule has 1 heterocycles. The molecule has 0 aromatic heterocycles. The van der Waals surface area contributed by atoms with Gasteiger partial charge in [-0.2, -0.15) is 13.2 Å². The molecule has 1 saturated heterocycles. The summed E-state index contributed by atoms with van der Waals surface area (Å²) >= 11 is 6.34. The number of amides is 4. The monoisotopic (exact) mass is 593 g/mol. The first-order chi connectivity index (χ1) is 19.3. The molecule has 212 valence electrons. The van der Waals surface area contributed by atoms with Gasteiger partial charge in [-0.1, -0.05) is 11.6 Å². The normalized spacial score (nSPS) is 14.7. The van der Waals surface area contributed by atoms with Gasteiger partial charge in [0.25, 0.3) is 11.8 Å². The van der Waals surface area contributed by atoms with E-state index in [0.29, 0.717) is 17.0 Å². The molecule has 0 aliphatic carbocycles. The van der Waals surface area contributed by atoms with Crippen LogP contribution in [-0.2, 0) is 15.8 Å². The lowest BCUT2D eigenvalue weighted by molar-refractivity contribution is -0.385. The highest BCUT2D eigenvalue weighted by molar-refractivity contribution is 6.39. The minimum atomic E-state index is -4.84. The van der Waals surface area contributed by atoms with Gasteiger partial charge in [0.15, 0.2) is 11.5 Å². The van der Waals surface area contributed by atoms with Crippen LogP contribution in [0, 0.1) is 15.9 Å². The van der Waals surface area contributed by atoms with Crippen LogP contribution >= 0.6 is 11.6 Å². The third-order valence-electron chi connectivity index (χ3n) is 5.52. The van der Waals surface area contributed by atoms with Crippen molar-refractivity contribution in [3.8, 4) is 17.2 Å². The van der Waals surface area contributed by atoms with Crippen LogP contribution in [0.25, 0.3) is 6.08 Å². The largest absolute Gasteiger partial charge is 0.490 e. The van der Waals surface area contributed by atoms with Crippen molar-refractivity contribution in [1.29, 1.82) is 0 Å². The number of hydrogen-bond acceptors (Lipinski definition) is 7. The van der Waals surface area contributed by atoms with E-state index in [2.05, 4.69) is 0 Å². The highest BCUT2D eigenvalue weighted by Crippen LogP contribution is 2.44. The van der Waals surface area contributed by atoms with Gasteiger partial charge in [0.2, 0.25) is 5.75 Å². The molecule has 1 N–H and O–H groups in total. The third-order valence-corrected chi connectivity index (χ3v) is 5.80. The van der Waals surface area contributed by atoms with E-state index in [4.69, 9.17) is 21.1 Å². The van der Waals surface area contributed by atoms with E-state index in [0.717, 1.165) is 36.4 Å². The number of urea groups is 1. The number of imide groups is 2. The quantitative estimate of drug-likeness (QED) is 0.112. The number of nitrogens with one attached hydrogen (secondary N) is 1. The molecule has 1 aliphatic rings. The average molecular weight is 594 g/mol. The number of rotatable bonds is 7. The first kappa shape index (κ1) is 29.0. The Morgan fingerprint density at radius 2 is 1.73 bits per heavy atom. The molecule has 0 bridgehead atoms. The maximum absolute atomic E-state index is 13.3. The van der Waals surface area contributed by atoms with Gasteiger partial charge in [-0.05, 0) is 67.1 Å². The number of nitro groups is 1. The predicted molar refractivity (Wildman–Crippen MR) is 136 cm³/mol. The van der Waals surface area contributed by atoms with E-state index in [-0.39, 0.29) is 34.4 Å². The molecule has 4 rings (SSSR count). The molecule has 1 aliphatic heterocycles. The smallest absolute Gasteiger partial charge is 0.416 e. The van der Waals surface area contributed by atoms with E-state index >= 15 is 0 Å². The first-order valence-corrected chi connectivity index (χ1v) is 11.8. The Hall–Kier alpha value is -4.98. The van der Waals surface area contributed by atoms with Crippen molar-refractivity contribution in [1.82, 2.24) is 5.32 Å². The van der Waals surface area contributed by atoms with Crippen LogP contribution in [0.1, 0.15) is 18.1 Å². The number of alkyl halides is 3. The van der Waals surface area contributed by atoms with E-state index in [1.807, 2.05) is 5.32 Å². The molecule has 0 atom stereocenters. The molecule has 3 aromatic rings. The van der Waals surface area contributed by atoms with Crippen molar-refractivity contribution in [2.75, 3.05) is 11.5 Å². The van der Waals surface area contributed by atoms with E-state index in [1.165, 1.54) is 12.1 Å². The first-order valence-electron chi connectivity index (χ1n) is 11.5. The van der Waals surface area contributed by atoms with E-state index < -0.39 is 57.3 Å². The summed E-state index contributed by atoms with van der Waals surface area (Å²) in [4.78, 5) is 49.0. The zero-order chi connectivity index (χ0) is 30.1. The number of benzene rings is 3. The van der Waals surface area contributed by atoms with Crippen LogP contribution in [0.2, 0.25) is 5.02 Å². The van der Waals surface area contributed by atoms with Crippen LogP contribution in [0.4, 0.5) is 33.7 Å². The summed E-state index contributed by atoms with van der Waals surface area (Å²) in [5, 5.41) is 13.2. The Labute approximate surface area is 232 Å². The zero-order valence-electron chi connectivity index (χ0n) is 20.6. The Bertz CT molecular complexity index is 1610. The summed E-state index contributed by atoms with van der Waals surface area (Å²) in [5.74, 6) is -3.66. The number of carbonyl (C=O) groups is 3. The molecular weight excluding hydrogens is 578 g/mol. The Morgan fingerprint density at radius 1 is 1.05 bits per heavy atom. The fraction of sp³-hybridized carbons (Fsp3) is 0.115. The summed E-state index contributed by atoms with van der Waals surface area (Å²) < 4.78 is 63.6. The van der Waals surface area contributed by atoms with E-state index in [1.54, 1.807) is 6.92 Å². The number of anilines is 1. The Morgan fingerprint density at radius 3 is 2.34 bits per heavy atom. The van der Waals surface area contributed by atoms with Gasteiger partial charge in [-0.15, -0.1) is 0 Å². The lowest BCUT2D eigenvalue weighted by atomic mass is 10.1. The maximum Gasteiger partial charge on any atom is 0.416 e. The van der Waals surface area contributed by atoms with Crippen LogP contribution in [0.3, 0.4) is 0 Å². The number of hydrogen-bond donors (Lipinski definition) is 1. The van der Waals surface area contributed by atoms with Crippen molar-refractivity contribution >= 4 is 46.9 Å². The summed E-state index contributed by atoms with van der Waals surface area (Å²) in [6.07, 6.45) is -3.76. The number of ether oxygens (including phenoxy) is 2. The van der Waals surface area contributed by atoms with Crippen molar-refractivity contribution in [2.24, 2.45) is 0 Å². The molecule has 0 radical (unpaired) electrons. The Kier molecular flexibility index (Phi) is 7.96. The second-order valence-electron chi connectivity index (χ2n) is 8.24. The molecule has 0 spiro atoms. The van der Waals surface area contributed by atoms with Crippen molar-refractivity contribution in [3.63, 3.8) is 0 Å². The number of nitro benzene ring substituents is 1. The van der Waals surface area contributed by atoms with Crippen molar-refractivity contribution in [3.05, 3.63) is 92.3 Å². The molecule has 4 amide bonds. The van der Waals surface area contributed by atoms with Crippen molar-refractivity contribution < 1.29 is 46.3 Å².